The molecule has 0 radical (unpaired) electrons. The molecule has 258 valence electrons. The summed E-state index contributed by atoms with van der Waals surface area (Å²) < 4.78 is 4.49. The second kappa shape index (κ2) is 12.7. The van der Waals surface area contributed by atoms with E-state index in [4.69, 9.17) is 25.1 Å². The van der Waals surface area contributed by atoms with E-state index in [1.165, 1.54) is 10.8 Å². The summed E-state index contributed by atoms with van der Waals surface area (Å²) in [6.07, 6.45) is 0. The van der Waals surface area contributed by atoms with Gasteiger partial charge in [-0.3, -0.25) is 4.57 Å². The van der Waals surface area contributed by atoms with Crippen LogP contribution in [0.3, 0.4) is 0 Å². The Morgan fingerprint density at radius 3 is 1.62 bits per heavy atom. The van der Waals surface area contributed by atoms with E-state index in [1.54, 1.807) is 11.3 Å². The van der Waals surface area contributed by atoms with Gasteiger partial charge in [0.15, 0.2) is 11.6 Å². The Morgan fingerprint density at radius 1 is 0.382 bits per heavy atom. The Morgan fingerprint density at radius 2 is 0.927 bits per heavy atom. The van der Waals surface area contributed by atoms with E-state index in [9.17, 15) is 0 Å². The highest BCUT2D eigenvalue weighted by molar-refractivity contribution is 7.18. The zero-order valence-electron chi connectivity index (χ0n) is 29.3. The molecule has 4 heterocycles. The van der Waals surface area contributed by atoms with Crippen LogP contribution in [0.2, 0.25) is 0 Å². The first kappa shape index (κ1) is 31.3. The summed E-state index contributed by atoms with van der Waals surface area (Å²) in [5.74, 6) is 1.78. The van der Waals surface area contributed by atoms with Gasteiger partial charge in [-0.1, -0.05) is 151 Å². The molecule has 0 spiro atoms. The maximum Gasteiger partial charge on any atom is 0.238 e. The van der Waals surface area contributed by atoms with E-state index >= 15 is 0 Å². The number of aromatic nitrogens is 7. The van der Waals surface area contributed by atoms with Gasteiger partial charge >= 0.3 is 0 Å². The van der Waals surface area contributed by atoms with Crippen molar-refractivity contribution in [3.63, 3.8) is 0 Å². The predicted octanol–water partition coefficient (Wildman–Crippen LogP) is 11.6. The molecule has 0 N–H and O–H groups in total. The van der Waals surface area contributed by atoms with E-state index in [-0.39, 0.29) is 0 Å². The van der Waals surface area contributed by atoms with Crippen molar-refractivity contribution in [2.45, 2.75) is 0 Å². The van der Waals surface area contributed by atoms with Gasteiger partial charge in [0.05, 0.1) is 22.1 Å². The van der Waals surface area contributed by atoms with Gasteiger partial charge in [-0.05, 0) is 36.4 Å². The third-order valence-electron chi connectivity index (χ3n) is 10.2. The summed E-state index contributed by atoms with van der Waals surface area (Å²) >= 11 is 1.60. The first-order valence-corrected chi connectivity index (χ1v) is 18.9. The fourth-order valence-electron chi connectivity index (χ4n) is 7.70. The van der Waals surface area contributed by atoms with Crippen molar-refractivity contribution in [2.24, 2.45) is 0 Å². The molecule has 7 aromatic carbocycles. The molecule has 0 saturated carbocycles. The van der Waals surface area contributed by atoms with Crippen molar-refractivity contribution in [3.8, 4) is 55.6 Å². The summed E-state index contributed by atoms with van der Waals surface area (Å²) in [6, 6.07) is 60.6. The van der Waals surface area contributed by atoms with Gasteiger partial charge in [0.1, 0.15) is 10.0 Å². The first-order valence-electron chi connectivity index (χ1n) is 18.1. The van der Waals surface area contributed by atoms with Crippen LogP contribution in [-0.4, -0.2) is 34.3 Å². The Bertz CT molecular complexity index is 3140. The lowest BCUT2D eigenvalue weighted by molar-refractivity contribution is 0.953. The maximum atomic E-state index is 5.11. The van der Waals surface area contributed by atoms with Crippen molar-refractivity contribution in [3.05, 3.63) is 176 Å². The van der Waals surface area contributed by atoms with E-state index in [1.807, 2.05) is 60.7 Å². The summed E-state index contributed by atoms with van der Waals surface area (Å²) in [5.41, 5.74) is 9.23. The molecule has 0 unspecified atom stereocenters. The second-order valence-electron chi connectivity index (χ2n) is 13.4. The molecular weight excluding hydrogens is 695 g/mol. The topological polar surface area (TPSA) is 74.3 Å². The molecule has 0 amide bonds. The van der Waals surface area contributed by atoms with Gasteiger partial charge in [-0.15, -0.1) is 10.2 Å². The van der Waals surface area contributed by atoms with E-state index in [2.05, 4.69) is 124 Å². The van der Waals surface area contributed by atoms with Crippen molar-refractivity contribution in [1.82, 2.24) is 34.3 Å². The van der Waals surface area contributed by atoms with Crippen LogP contribution in [0.15, 0.2) is 176 Å². The van der Waals surface area contributed by atoms with Crippen LogP contribution in [0.1, 0.15) is 0 Å². The molecule has 11 aromatic rings. The van der Waals surface area contributed by atoms with Crippen molar-refractivity contribution < 1.29 is 0 Å². The maximum absolute atomic E-state index is 5.11. The monoisotopic (exact) mass is 723 g/mol. The molecule has 11 rings (SSSR count). The fourth-order valence-corrected chi connectivity index (χ4v) is 8.57. The fraction of sp³-hybridized carbons (Fsp3) is 0. The summed E-state index contributed by atoms with van der Waals surface area (Å²) in [4.78, 5) is 15.2. The third kappa shape index (κ3) is 5.15. The van der Waals surface area contributed by atoms with E-state index < -0.39 is 0 Å². The lowest BCUT2D eigenvalue weighted by atomic mass is 10.1. The third-order valence-corrected chi connectivity index (χ3v) is 11.2. The van der Waals surface area contributed by atoms with Gasteiger partial charge in [-0.2, -0.15) is 9.97 Å². The van der Waals surface area contributed by atoms with Crippen molar-refractivity contribution >= 4 is 54.9 Å². The molecule has 7 nitrogen and oxygen atoms in total. The molecule has 0 aliphatic rings. The molecule has 55 heavy (non-hydrogen) atoms. The number of fused-ring (bicyclic) bond motifs is 6. The normalized spacial score (nSPS) is 11.6. The van der Waals surface area contributed by atoms with Crippen LogP contribution < -0.4 is 0 Å². The van der Waals surface area contributed by atoms with Crippen LogP contribution in [0.25, 0.3) is 99.2 Å². The van der Waals surface area contributed by atoms with Crippen LogP contribution in [0.5, 0.6) is 0 Å². The molecular formula is C47H29N7S. The minimum absolute atomic E-state index is 0.550. The van der Waals surface area contributed by atoms with Crippen molar-refractivity contribution in [2.75, 3.05) is 0 Å². The molecule has 0 saturated heterocycles. The second-order valence-corrected chi connectivity index (χ2v) is 14.4. The highest BCUT2D eigenvalue weighted by atomic mass is 32.1. The number of para-hydroxylation sites is 4. The molecule has 0 atom stereocenters. The minimum atomic E-state index is 0.550. The van der Waals surface area contributed by atoms with Crippen LogP contribution in [0.4, 0.5) is 0 Å². The minimum Gasteiger partial charge on any atom is -0.309 e. The zero-order chi connectivity index (χ0) is 36.3. The Hall–Kier alpha value is -7.29. The van der Waals surface area contributed by atoms with Crippen LogP contribution >= 0.6 is 11.3 Å². The first-order chi connectivity index (χ1) is 27.3. The Kier molecular flexibility index (Phi) is 7.21. The number of rotatable bonds is 6. The highest BCUT2D eigenvalue weighted by Crippen LogP contribution is 2.41. The molecule has 0 aliphatic heterocycles. The van der Waals surface area contributed by atoms with Gasteiger partial charge in [0.2, 0.25) is 5.95 Å². The summed E-state index contributed by atoms with van der Waals surface area (Å²) in [6.45, 7) is 0. The number of nitrogens with zero attached hydrogens (tertiary/aromatic N) is 7. The van der Waals surface area contributed by atoms with E-state index in [0.29, 0.717) is 17.6 Å². The average Bonchev–Trinajstić information content (AvgIpc) is 3.98. The average molecular weight is 724 g/mol. The zero-order valence-corrected chi connectivity index (χ0v) is 30.1. The van der Waals surface area contributed by atoms with Gasteiger partial charge in [0.25, 0.3) is 0 Å². The lowest BCUT2D eigenvalue weighted by Gasteiger charge is -2.11. The SMILES string of the molecule is c1ccc(-c2nc(-c3ccccc3)nc(-n3c4ccccc4c4ccc(-c5nnc(-c6cccc7c8ccccc8n(-c8ccccc8)c67)s5)cc43)n2)cc1. The van der Waals surface area contributed by atoms with Gasteiger partial charge in [-0.25, -0.2) is 4.98 Å². The quantitative estimate of drug-likeness (QED) is 0.171. The molecule has 0 bridgehead atoms. The van der Waals surface area contributed by atoms with Gasteiger partial charge < -0.3 is 4.57 Å². The summed E-state index contributed by atoms with van der Waals surface area (Å²) in [5, 5.41) is 15.9. The number of hydrogen-bond donors (Lipinski definition) is 0. The van der Waals surface area contributed by atoms with Gasteiger partial charge in [0, 0.05) is 49.5 Å². The molecule has 8 heteroatoms. The molecule has 0 aliphatic carbocycles. The Labute approximate surface area is 319 Å². The summed E-state index contributed by atoms with van der Waals surface area (Å²) in [7, 11) is 0. The molecule has 0 fully saturated rings. The standard InChI is InChI=1S/C47H29N7S/c1-4-15-30(16-5-1)43-48-44(31-17-6-2-7-18-31)50-47(49-43)54-40-26-13-10-21-34(40)36-28-27-32(29-41(36)54)45-51-52-46(55-45)38-24-14-23-37-35-22-11-12-25-39(35)53(42(37)38)33-19-8-3-9-20-33/h1-29H. The number of hydrogen-bond acceptors (Lipinski definition) is 6. The smallest absolute Gasteiger partial charge is 0.238 e. The van der Waals surface area contributed by atoms with Crippen LogP contribution in [-0.2, 0) is 0 Å². The lowest BCUT2D eigenvalue weighted by Crippen LogP contribution is -2.06. The van der Waals surface area contributed by atoms with Crippen LogP contribution in [0, 0.1) is 0 Å². The number of benzene rings is 7. The largest absolute Gasteiger partial charge is 0.309 e. The predicted molar refractivity (Wildman–Crippen MR) is 224 cm³/mol. The Balaban J connectivity index is 1.10. The molecule has 4 aromatic heterocycles. The highest BCUT2D eigenvalue weighted by Gasteiger charge is 2.21. The van der Waals surface area contributed by atoms with E-state index in [0.717, 1.165) is 70.8 Å². The van der Waals surface area contributed by atoms with Crippen molar-refractivity contribution in [1.29, 1.82) is 0 Å².